The Morgan fingerprint density at radius 1 is 1.12 bits per heavy atom. The van der Waals surface area contributed by atoms with E-state index in [1.165, 1.54) is 12.4 Å². The third kappa shape index (κ3) is 4.02. The fourth-order valence-corrected chi connectivity index (χ4v) is 3.10. The molecule has 0 bridgehead atoms. The summed E-state index contributed by atoms with van der Waals surface area (Å²) in [5.74, 6) is 2.01. The molecule has 0 fully saturated rings. The third-order valence-electron chi connectivity index (χ3n) is 4.64. The fourth-order valence-electron chi connectivity index (χ4n) is 3.10. The highest BCUT2D eigenvalue weighted by Crippen LogP contribution is 2.19. The van der Waals surface area contributed by atoms with Gasteiger partial charge in [-0.15, -0.1) is 6.42 Å². The van der Waals surface area contributed by atoms with Crippen LogP contribution in [-0.2, 0) is 0 Å². The molecule has 154 valence electrons. The average molecular weight is 420 g/mol. The molecule has 0 atom stereocenters. The molecule has 0 unspecified atom stereocenters. The number of aromatic nitrogens is 3. The number of nitrogens with one attached hydrogen (secondary N) is 2. The summed E-state index contributed by atoms with van der Waals surface area (Å²) in [5, 5.41) is 14.7. The standard InChI is InChI=1S/C24H16N6O2/c1-2-12-26-23(32)20-15-30(18-6-4-3-5-7-18)22-19(21(20)31)14-27-24(29-22)28-17-10-8-16(13-25)9-11-17/h1,3-11,14-15H,12H2,(H,26,32)(H,27,28,29). The van der Waals surface area contributed by atoms with Gasteiger partial charge in [0.15, 0.2) is 5.65 Å². The van der Waals surface area contributed by atoms with Crippen molar-refractivity contribution in [1.82, 2.24) is 19.9 Å². The van der Waals surface area contributed by atoms with Crippen LogP contribution in [0.3, 0.4) is 0 Å². The molecule has 4 rings (SSSR count). The van der Waals surface area contributed by atoms with Crippen molar-refractivity contribution in [3.05, 3.63) is 88.3 Å². The zero-order chi connectivity index (χ0) is 22.5. The van der Waals surface area contributed by atoms with Crippen molar-refractivity contribution >= 4 is 28.6 Å². The molecule has 0 radical (unpaired) electrons. The minimum absolute atomic E-state index is 0.00555. The smallest absolute Gasteiger partial charge is 0.257 e. The van der Waals surface area contributed by atoms with Crippen LogP contribution in [-0.4, -0.2) is 27.0 Å². The molecule has 0 aliphatic carbocycles. The number of terminal acetylenes is 1. The predicted octanol–water partition coefficient (Wildman–Crippen LogP) is 2.76. The number of para-hydroxylation sites is 1. The lowest BCUT2D eigenvalue weighted by molar-refractivity contribution is 0.0957. The second kappa shape index (κ2) is 8.82. The number of nitrogens with zero attached hydrogens (tertiary/aromatic N) is 4. The number of amides is 1. The average Bonchev–Trinajstić information content (AvgIpc) is 2.84. The number of benzene rings is 2. The number of hydrogen-bond acceptors (Lipinski definition) is 6. The molecule has 1 amide bonds. The molecule has 0 aliphatic rings. The highest BCUT2D eigenvalue weighted by molar-refractivity contribution is 5.97. The van der Waals surface area contributed by atoms with E-state index in [0.29, 0.717) is 22.6 Å². The van der Waals surface area contributed by atoms with Crippen LogP contribution < -0.4 is 16.1 Å². The summed E-state index contributed by atoms with van der Waals surface area (Å²) in [6, 6.07) is 18.1. The van der Waals surface area contributed by atoms with Crippen molar-refractivity contribution in [1.29, 1.82) is 5.26 Å². The lowest BCUT2D eigenvalue weighted by Gasteiger charge is -2.13. The van der Waals surface area contributed by atoms with Crippen LogP contribution in [0, 0.1) is 23.7 Å². The molecular weight excluding hydrogens is 404 g/mol. The first-order valence-corrected chi connectivity index (χ1v) is 9.57. The van der Waals surface area contributed by atoms with Gasteiger partial charge in [0, 0.05) is 23.8 Å². The minimum atomic E-state index is -0.570. The number of carbonyl (C=O) groups is 1. The first kappa shape index (κ1) is 20.3. The Morgan fingerprint density at radius 2 is 1.88 bits per heavy atom. The first-order valence-electron chi connectivity index (χ1n) is 9.57. The van der Waals surface area contributed by atoms with Crippen LogP contribution >= 0.6 is 0 Å². The van der Waals surface area contributed by atoms with Gasteiger partial charge >= 0.3 is 0 Å². The van der Waals surface area contributed by atoms with Gasteiger partial charge in [0.1, 0.15) is 5.56 Å². The zero-order valence-electron chi connectivity index (χ0n) is 16.7. The molecule has 0 saturated heterocycles. The van der Waals surface area contributed by atoms with E-state index in [0.717, 1.165) is 0 Å². The molecule has 2 heterocycles. The Hall–Kier alpha value is -4.95. The summed E-state index contributed by atoms with van der Waals surface area (Å²) in [6.07, 6.45) is 8.04. The van der Waals surface area contributed by atoms with Crippen molar-refractivity contribution < 1.29 is 4.79 Å². The number of rotatable bonds is 5. The second-order valence-corrected chi connectivity index (χ2v) is 6.71. The highest BCUT2D eigenvalue weighted by Gasteiger charge is 2.18. The number of anilines is 2. The van der Waals surface area contributed by atoms with Crippen LogP contribution in [0.4, 0.5) is 11.6 Å². The first-order chi connectivity index (χ1) is 15.6. The van der Waals surface area contributed by atoms with Crippen LogP contribution in [0.2, 0.25) is 0 Å². The van der Waals surface area contributed by atoms with Crippen molar-refractivity contribution in [3.8, 4) is 24.1 Å². The van der Waals surface area contributed by atoms with Crippen LogP contribution in [0.15, 0.2) is 71.8 Å². The zero-order valence-corrected chi connectivity index (χ0v) is 16.7. The van der Waals surface area contributed by atoms with E-state index >= 15 is 0 Å². The van der Waals surface area contributed by atoms with Crippen LogP contribution in [0.25, 0.3) is 16.7 Å². The van der Waals surface area contributed by atoms with Gasteiger partial charge < -0.3 is 15.2 Å². The molecule has 0 spiro atoms. The molecule has 0 saturated carbocycles. The van der Waals surface area contributed by atoms with Crippen molar-refractivity contribution in [2.75, 3.05) is 11.9 Å². The topological polar surface area (TPSA) is 113 Å². The summed E-state index contributed by atoms with van der Waals surface area (Å²) in [4.78, 5) is 34.3. The summed E-state index contributed by atoms with van der Waals surface area (Å²) < 4.78 is 1.66. The van der Waals surface area contributed by atoms with Crippen molar-refractivity contribution in [3.63, 3.8) is 0 Å². The Balaban J connectivity index is 1.85. The Labute approximate surface area is 183 Å². The molecule has 32 heavy (non-hydrogen) atoms. The lowest BCUT2D eigenvalue weighted by Crippen LogP contribution is -2.30. The largest absolute Gasteiger partial charge is 0.341 e. The number of nitriles is 1. The predicted molar refractivity (Wildman–Crippen MR) is 121 cm³/mol. The highest BCUT2D eigenvalue weighted by atomic mass is 16.2. The van der Waals surface area contributed by atoms with Gasteiger partial charge in [-0.3, -0.25) is 9.59 Å². The molecule has 2 aromatic carbocycles. The maximum Gasteiger partial charge on any atom is 0.257 e. The van der Waals surface area contributed by atoms with Crippen LogP contribution in [0.1, 0.15) is 15.9 Å². The van der Waals surface area contributed by atoms with Gasteiger partial charge in [-0.25, -0.2) is 4.98 Å². The Kier molecular flexibility index (Phi) is 5.60. The molecular formula is C24H16N6O2. The molecule has 2 aromatic heterocycles. The van der Waals surface area contributed by atoms with E-state index in [1.807, 2.05) is 30.3 Å². The quantitative estimate of drug-likeness (QED) is 0.480. The lowest BCUT2D eigenvalue weighted by atomic mass is 10.2. The van der Waals surface area contributed by atoms with E-state index in [4.69, 9.17) is 11.7 Å². The van der Waals surface area contributed by atoms with E-state index in [2.05, 4.69) is 32.6 Å². The normalized spacial score (nSPS) is 10.2. The van der Waals surface area contributed by atoms with Gasteiger partial charge in [-0.05, 0) is 36.4 Å². The molecule has 8 heteroatoms. The fraction of sp³-hybridized carbons (Fsp3) is 0.0417. The van der Waals surface area contributed by atoms with E-state index in [1.54, 1.807) is 28.8 Å². The van der Waals surface area contributed by atoms with Crippen molar-refractivity contribution in [2.24, 2.45) is 0 Å². The number of pyridine rings is 1. The minimum Gasteiger partial charge on any atom is -0.341 e. The van der Waals surface area contributed by atoms with Gasteiger partial charge in [-0.2, -0.15) is 10.2 Å². The van der Waals surface area contributed by atoms with E-state index in [-0.39, 0.29) is 23.4 Å². The third-order valence-corrected chi connectivity index (χ3v) is 4.64. The SMILES string of the molecule is C#CCNC(=O)c1cn(-c2ccccc2)c2nc(Nc3ccc(C#N)cc3)ncc2c1=O. The number of fused-ring (bicyclic) bond motifs is 1. The summed E-state index contributed by atoms with van der Waals surface area (Å²) >= 11 is 0. The van der Waals surface area contributed by atoms with E-state index in [9.17, 15) is 9.59 Å². The van der Waals surface area contributed by atoms with Crippen molar-refractivity contribution in [2.45, 2.75) is 0 Å². The second-order valence-electron chi connectivity index (χ2n) is 6.71. The van der Waals surface area contributed by atoms with Gasteiger partial charge in [-0.1, -0.05) is 24.1 Å². The van der Waals surface area contributed by atoms with E-state index < -0.39 is 11.3 Å². The molecule has 2 N–H and O–H groups in total. The molecule has 4 aromatic rings. The summed E-state index contributed by atoms with van der Waals surface area (Å²) in [6.45, 7) is 0.00555. The van der Waals surface area contributed by atoms with Gasteiger partial charge in [0.25, 0.3) is 5.91 Å². The number of carbonyl (C=O) groups excluding carboxylic acids is 1. The van der Waals surface area contributed by atoms with Gasteiger partial charge in [0.2, 0.25) is 11.4 Å². The summed E-state index contributed by atoms with van der Waals surface area (Å²) in [7, 11) is 0. The molecule has 8 nitrogen and oxygen atoms in total. The van der Waals surface area contributed by atoms with Crippen LogP contribution in [0.5, 0.6) is 0 Å². The number of hydrogen-bond donors (Lipinski definition) is 2. The Morgan fingerprint density at radius 3 is 2.56 bits per heavy atom. The monoisotopic (exact) mass is 420 g/mol. The molecule has 0 aliphatic heterocycles. The Bertz CT molecular complexity index is 1450. The van der Waals surface area contributed by atoms with Gasteiger partial charge in [0.05, 0.1) is 23.6 Å². The maximum absolute atomic E-state index is 13.0. The maximum atomic E-state index is 13.0. The summed E-state index contributed by atoms with van der Waals surface area (Å²) in [5.41, 5.74) is 1.71.